The molecule has 0 bridgehead atoms. The highest BCUT2D eigenvalue weighted by Gasteiger charge is 2.51. The summed E-state index contributed by atoms with van der Waals surface area (Å²) in [7, 11) is 7.26. The molecule has 0 radical (unpaired) electrons. The largest absolute Gasteiger partial charge is 0.464 e. The lowest BCUT2D eigenvalue weighted by Gasteiger charge is -2.48. The number of ether oxygens (including phenoxy) is 6. The minimum Gasteiger partial charge on any atom is -0.464 e. The standard InChI is InChI=1S/C42H58Br2N2O10/c1-24-22-42(6,51-10)37(56-41-36(33(45(7)8)21-26(3)53-41)55-40(50)30-13-17-32(44)18-14-30)27(4)34(47)28(5)38(48)52-20-19-46(9)23-25(2)35(24)54-39(49)29-11-15-31(43)16-12-29/h11-18,24-28,33,35-37,41H,19-23H2,1-10H3/t24-,25-,26-,27+,28-,33+,35+,36-,37-,41+,42-/m1/s1. The number of halogens is 2. The van der Waals surface area contributed by atoms with Gasteiger partial charge in [0.05, 0.1) is 35.0 Å². The predicted octanol–water partition coefficient (Wildman–Crippen LogP) is 6.81. The number of carbonyl (C=O) groups is 4. The Morgan fingerprint density at radius 1 is 0.857 bits per heavy atom. The van der Waals surface area contributed by atoms with E-state index < -0.39 is 65.7 Å². The fourth-order valence-corrected chi connectivity index (χ4v) is 8.42. The number of esters is 3. The van der Waals surface area contributed by atoms with Crippen molar-refractivity contribution in [2.75, 3.05) is 47.9 Å². The third-order valence-corrected chi connectivity index (χ3v) is 12.2. The first-order valence-corrected chi connectivity index (χ1v) is 20.8. The molecule has 2 aromatic carbocycles. The van der Waals surface area contributed by atoms with Gasteiger partial charge in [0.25, 0.3) is 0 Å². The van der Waals surface area contributed by atoms with Crippen LogP contribution in [0.15, 0.2) is 57.5 Å². The van der Waals surface area contributed by atoms with Gasteiger partial charge in [0.1, 0.15) is 18.6 Å². The Labute approximate surface area is 348 Å². The highest BCUT2D eigenvalue weighted by molar-refractivity contribution is 9.10. The Kier molecular flexibility index (Phi) is 16.7. The summed E-state index contributed by atoms with van der Waals surface area (Å²) in [5.74, 6) is -4.57. The number of Topliss-reactive ketones (excluding diaryl/α,β-unsaturated/α-hetero) is 1. The molecule has 12 nitrogen and oxygen atoms in total. The van der Waals surface area contributed by atoms with Gasteiger partial charge in [-0.25, -0.2) is 9.59 Å². The zero-order chi connectivity index (χ0) is 41.5. The van der Waals surface area contributed by atoms with Gasteiger partial charge in [-0.3, -0.25) is 9.59 Å². The lowest BCUT2D eigenvalue weighted by atomic mass is 9.76. The van der Waals surface area contributed by atoms with E-state index in [4.69, 9.17) is 28.4 Å². The maximum absolute atomic E-state index is 14.3. The van der Waals surface area contributed by atoms with Crippen LogP contribution in [0.4, 0.5) is 0 Å². The monoisotopic (exact) mass is 908 g/mol. The molecular weight excluding hydrogens is 852 g/mol. The maximum atomic E-state index is 14.3. The lowest BCUT2D eigenvalue weighted by Crippen LogP contribution is -2.60. The van der Waals surface area contributed by atoms with Gasteiger partial charge in [0, 0.05) is 41.0 Å². The first-order valence-electron chi connectivity index (χ1n) is 19.2. The SMILES string of the molecule is CO[C@]1(C)C[C@@H](C)[C@H](OC(=O)c2ccc(Br)cc2)[C@H](C)CN(C)CCOC(=O)[C@H](C)C(=O)[C@H](C)[C@H]1O[C@@H]1O[C@H](C)C[C@H](N(C)C)[C@H]1OC(=O)c1ccc(Br)cc1. The second-order valence-electron chi connectivity index (χ2n) is 15.9. The third-order valence-electron chi connectivity index (χ3n) is 11.1. The van der Waals surface area contributed by atoms with E-state index in [0.29, 0.717) is 30.6 Å². The molecule has 310 valence electrons. The highest BCUT2D eigenvalue weighted by atomic mass is 79.9. The van der Waals surface area contributed by atoms with Gasteiger partial charge in [-0.1, -0.05) is 52.6 Å². The second-order valence-corrected chi connectivity index (χ2v) is 17.7. The van der Waals surface area contributed by atoms with Crippen molar-refractivity contribution in [2.24, 2.45) is 23.7 Å². The number of ketones is 1. The fraction of sp³-hybridized carbons (Fsp3) is 0.619. The van der Waals surface area contributed by atoms with E-state index in [1.165, 1.54) is 6.92 Å². The smallest absolute Gasteiger partial charge is 0.338 e. The summed E-state index contributed by atoms with van der Waals surface area (Å²) < 4.78 is 39.6. The van der Waals surface area contributed by atoms with Crippen LogP contribution >= 0.6 is 31.9 Å². The van der Waals surface area contributed by atoms with Crippen molar-refractivity contribution in [3.05, 3.63) is 68.6 Å². The average molecular weight is 911 g/mol. The van der Waals surface area contributed by atoms with E-state index in [9.17, 15) is 19.2 Å². The molecule has 0 unspecified atom stereocenters. The van der Waals surface area contributed by atoms with Crippen molar-refractivity contribution in [1.29, 1.82) is 0 Å². The number of hydrogen-bond acceptors (Lipinski definition) is 12. The van der Waals surface area contributed by atoms with Crippen LogP contribution in [-0.2, 0) is 38.0 Å². The molecule has 14 heteroatoms. The van der Waals surface area contributed by atoms with E-state index >= 15 is 0 Å². The molecule has 2 aliphatic heterocycles. The number of benzene rings is 2. The molecule has 2 fully saturated rings. The summed E-state index contributed by atoms with van der Waals surface area (Å²) in [5, 5.41) is 0. The van der Waals surface area contributed by atoms with Gasteiger partial charge < -0.3 is 38.2 Å². The molecule has 0 amide bonds. The molecule has 0 N–H and O–H groups in total. The molecule has 2 heterocycles. The van der Waals surface area contributed by atoms with Crippen LogP contribution in [-0.4, -0.2) is 124 Å². The molecule has 56 heavy (non-hydrogen) atoms. The Morgan fingerprint density at radius 3 is 1.91 bits per heavy atom. The molecule has 4 rings (SSSR count). The van der Waals surface area contributed by atoms with Crippen molar-refractivity contribution in [3.63, 3.8) is 0 Å². The van der Waals surface area contributed by atoms with Gasteiger partial charge in [-0.15, -0.1) is 0 Å². The van der Waals surface area contributed by atoms with Crippen molar-refractivity contribution in [3.8, 4) is 0 Å². The first-order chi connectivity index (χ1) is 26.3. The number of likely N-dealkylation sites (N-methyl/N-ethyl adjacent to an activating group) is 2. The Hall–Kier alpha value is -2.72. The quantitative estimate of drug-likeness (QED) is 0.157. The van der Waals surface area contributed by atoms with Crippen LogP contribution in [0.3, 0.4) is 0 Å². The van der Waals surface area contributed by atoms with Crippen molar-refractivity contribution >= 4 is 55.6 Å². The Morgan fingerprint density at radius 2 is 1.39 bits per heavy atom. The van der Waals surface area contributed by atoms with Gasteiger partial charge >= 0.3 is 17.9 Å². The average Bonchev–Trinajstić information content (AvgIpc) is 3.15. The number of carbonyl (C=O) groups excluding carboxylic acids is 4. The van der Waals surface area contributed by atoms with Crippen LogP contribution in [0.25, 0.3) is 0 Å². The Bertz CT molecular complexity index is 1640. The maximum Gasteiger partial charge on any atom is 0.338 e. The molecular formula is C42H58Br2N2O10. The fourth-order valence-electron chi connectivity index (χ4n) is 7.89. The summed E-state index contributed by atoms with van der Waals surface area (Å²) in [5.41, 5.74) is -0.452. The lowest BCUT2D eigenvalue weighted by molar-refractivity contribution is -0.295. The van der Waals surface area contributed by atoms with Crippen LogP contribution < -0.4 is 0 Å². The normalized spacial score (nSPS) is 32.9. The molecule has 11 atom stereocenters. The summed E-state index contributed by atoms with van der Waals surface area (Å²) in [4.78, 5) is 58.8. The molecule has 0 aliphatic carbocycles. The number of methoxy groups -OCH3 is 1. The molecule has 0 saturated carbocycles. The van der Waals surface area contributed by atoms with Gasteiger partial charge in [0.2, 0.25) is 0 Å². The van der Waals surface area contributed by atoms with E-state index in [1.54, 1.807) is 62.6 Å². The first kappa shape index (κ1) is 46.0. The van der Waals surface area contributed by atoms with Crippen LogP contribution in [0.1, 0.15) is 75.1 Å². The molecule has 2 aromatic rings. The number of cyclic esters (lactones) is 1. The van der Waals surface area contributed by atoms with Crippen molar-refractivity contribution in [2.45, 2.75) is 96.7 Å². The van der Waals surface area contributed by atoms with Crippen LogP contribution in [0.2, 0.25) is 0 Å². The van der Waals surface area contributed by atoms with Gasteiger partial charge in [0.15, 0.2) is 18.2 Å². The predicted molar refractivity (Wildman–Crippen MR) is 218 cm³/mol. The number of rotatable bonds is 8. The zero-order valence-corrected chi connectivity index (χ0v) is 37.3. The molecule has 2 saturated heterocycles. The van der Waals surface area contributed by atoms with Crippen LogP contribution in [0, 0.1) is 23.7 Å². The third kappa shape index (κ3) is 11.7. The van der Waals surface area contributed by atoms with Gasteiger partial charge in [-0.05, 0) is 109 Å². The summed E-state index contributed by atoms with van der Waals surface area (Å²) in [6.07, 6.45) is -3.14. The highest BCUT2D eigenvalue weighted by Crippen LogP contribution is 2.39. The zero-order valence-electron chi connectivity index (χ0n) is 34.2. The van der Waals surface area contributed by atoms with Crippen molar-refractivity contribution in [1.82, 2.24) is 9.80 Å². The van der Waals surface area contributed by atoms with E-state index in [2.05, 4.69) is 31.9 Å². The van der Waals surface area contributed by atoms with Gasteiger partial charge in [-0.2, -0.15) is 0 Å². The minimum absolute atomic E-state index is 0.0772. The summed E-state index contributed by atoms with van der Waals surface area (Å²) in [6.45, 7) is 12.0. The van der Waals surface area contributed by atoms with Crippen molar-refractivity contribution < 1.29 is 47.6 Å². The molecule has 2 aliphatic rings. The van der Waals surface area contributed by atoms with E-state index in [0.717, 1.165) is 8.95 Å². The topological polar surface area (TPSA) is 130 Å². The Balaban J connectivity index is 1.77. The number of hydrogen-bond donors (Lipinski definition) is 0. The minimum atomic E-state index is -1.22. The van der Waals surface area contributed by atoms with Crippen LogP contribution in [0.5, 0.6) is 0 Å². The summed E-state index contributed by atoms with van der Waals surface area (Å²) in [6, 6.07) is 13.5. The number of nitrogens with zero attached hydrogens (tertiary/aromatic N) is 2. The molecule has 0 spiro atoms. The second kappa shape index (κ2) is 20.3. The van der Waals surface area contributed by atoms with E-state index in [1.807, 2.05) is 58.6 Å². The molecule has 0 aromatic heterocycles. The van der Waals surface area contributed by atoms with E-state index in [-0.39, 0.29) is 37.0 Å². The summed E-state index contributed by atoms with van der Waals surface area (Å²) >= 11 is 6.84.